The van der Waals surface area contributed by atoms with Gasteiger partial charge in [0.05, 0.1) is 13.2 Å². The molecule has 4 nitrogen and oxygen atoms in total. The van der Waals surface area contributed by atoms with Gasteiger partial charge < -0.3 is 19.1 Å². The largest absolute Gasteiger partial charge is 0.545 e. The monoisotopic (exact) mass is 301 g/mol. The predicted molar refractivity (Wildman–Crippen MR) is 82.0 cm³/mol. The van der Waals surface area contributed by atoms with Gasteiger partial charge in [-0.2, -0.15) is 0 Å². The molecule has 0 fully saturated rings. The molecule has 0 bridgehead atoms. The Bertz CT molecular complexity index is 359. The Labute approximate surface area is 124 Å². The Morgan fingerprint density at radius 2 is 1.60 bits per heavy atom. The lowest BCUT2D eigenvalue weighted by Gasteiger charge is -2.36. The topological polar surface area (TPSA) is 58.6 Å². The van der Waals surface area contributed by atoms with Crippen molar-refractivity contribution in [3.05, 3.63) is 11.6 Å². The second-order valence-corrected chi connectivity index (χ2v) is 12.6. The first-order valence-corrected chi connectivity index (χ1v) is 9.84. The lowest BCUT2D eigenvalue weighted by Crippen LogP contribution is -2.41. The van der Waals surface area contributed by atoms with Gasteiger partial charge in [0.25, 0.3) is 6.16 Å². The molecule has 0 aliphatic rings. The van der Waals surface area contributed by atoms with E-state index < -0.39 is 14.5 Å². The maximum Gasteiger partial charge on any atom is 0.252 e. The van der Waals surface area contributed by atoms with Crippen molar-refractivity contribution in [3.8, 4) is 0 Å². The van der Waals surface area contributed by atoms with Crippen molar-refractivity contribution in [2.24, 2.45) is 5.41 Å². The number of hydrogen-bond donors (Lipinski definition) is 0. The Balaban J connectivity index is 4.84. The molecule has 0 saturated carbocycles. The van der Waals surface area contributed by atoms with Gasteiger partial charge in [0, 0.05) is 0 Å². The maximum absolute atomic E-state index is 10.4. The van der Waals surface area contributed by atoms with Crippen LogP contribution in [0.2, 0.25) is 18.1 Å². The van der Waals surface area contributed by atoms with E-state index in [4.69, 9.17) is 4.43 Å². The van der Waals surface area contributed by atoms with Gasteiger partial charge in [-0.3, -0.25) is 0 Å². The molecule has 0 aromatic carbocycles. The van der Waals surface area contributed by atoms with Crippen LogP contribution in [0.3, 0.4) is 0 Å². The van der Waals surface area contributed by atoms with Crippen molar-refractivity contribution in [1.29, 1.82) is 0 Å². The first-order valence-electron chi connectivity index (χ1n) is 6.93. The van der Waals surface area contributed by atoms with Gasteiger partial charge in [-0.25, -0.2) is 0 Å². The molecule has 0 aromatic heterocycles. The van der Waals surface area contributed by atoms with Crippen LogP contribution in [0.15, 0.2) is 11.6 Å². The van der Waals surface area contributed by atoms with Gasteiger partial charge in [0.1, 0.15) is 0 Å². The van der Waals surface area contributed by atoms with E-state index in [2.05, 4.69) is 59.4 Å². The third-order valence-corrected chi connectivity index (χ3v) is 7.92. The van der Waals surface area contributed by atoms with Crippen LogP contribution in [0.5, 0.6) is 0 Å². The average Bonchev–Trinajstić information content (AvgIpc) is 2.18. The van der Waals surface area contributed by atoms with Crippen LogP contribution < -0.4 is 5.11 Å². The van der Waals surface area contributed by atoms with Crippen LogP contribution in [-0.4, -0.2) is 27.7 Å². The molecule has 0 unspecified atom stereocenters. The van der Waals surface area contributed by atoms with Crippen molar-refractivity contribution < 1.29 is 19.1 Å². The Hall–Kier alpha value is -0.813. The van der Waals surface area contributed by atoms with Crippen LogP contribution in [0.4, 0.5) is 4.79 Å². The molecule has 0 aromatic rings. The Morgan fingerprint density at radius 3 is 1.95 bits per heavy atom. The molecule has 0 atom stereocenters. The normalized spacial score (nSPS) is 14.3. The number of ether oxygens (including phenoxy) is 1. The molecule has 118 valence electrons. The average molecular weight is 301 g/mol. The summed E-state index contributed by atoms with van der Waals surface area (Å²) in [5.74, 6) is 0. The number of rotatable bonds is 5. The zero-order valence-electron chi connectivity index (χ0n) is 14.1. The molecular weight excluding hydrogens is 272 g/mol. The molecule has 0 aliphatic carbocycles. The van der Waals surface area contributed by atoms with E-state index >= 15 is 0 Å². The fourth-order valence-corrected chi connectivity index (χ4v) is 2.36. The molecule has 0 amide bonds. The molecule has 0 saturated heterocycles. The Kier molecular flexibility index (Phi) is 6.49. The van der Waals surface area contributed by atoms with Gasteiger partial charge in [-0.1, -0.05) is 47.6 Å². The summed E-state index contributed by atoms with van der Waals surface area (Å²) in [5, 5.41) is 10.6. The highest BCUT2D eigenvalue weighted by Gasteiger charge is 2.37. The minimum absolute atomic E-state index is 0.00816. The van der Waals surface area contributed by atoms with E-state index in [9.17, 15) is 9.90 Å². The first kappa shape index (κ1) is 19.2. The maximum atomic E-state index is 10.4. The number of carbonyl (C=O) groups is 1. The fraction of sp³-hybridized carbons (Fsp3) is 0.800. The summed E-state index contributed by atoms with van der Waals surface area (Å²) in [6, 6.07) is 0. The molecule has 20 heavy (non-hydrogen) atoms. The van der Waals surface area contributed by atoms with Crippen molar-refractivity contribution in [1.82, 2.24) is 0 Å². The third kappa shape index (κ3) is 7.70. The summed E-state index contributed by atoms with van der Waals surface area (Å²) < 4.78 is 10.7. The van der Waals surface area contributed by atoms with E-state index in [0.29, 0.717) is 6.61 Å². The van der Waals surface area contributed by atoms with Crippen LogP contribution in [0, 0.1) is 5.41 Å². The molecule has 5 heteroatoms. The van der Waals surface area contributed by atoms with Gasteiger partial charge in [-0.15, -0.1) is 0 Å². The van der Waals surface area contributed by atoms with Crippen LogP contribution in [0.1, 0.15) is 41.5 Å². The van der Waals surface area contributed by atoms with Crippen LogP contribution in [-0.2, 0) is 9.16 Å². The zero-order valence-corrected chi connectivity index (χ0v) is 15.1. The third-order valence-electron chi connectivity index (χ3n) is 3.44. The number of carboxylic acid groups (broad SMARTS) is 1. The standard InChI is InChI=1S/C15H30O4Si/c1-14(2,3)9-12(10-18-13(16)17)11-19-20(7,8)15(4,5)6/h9H,10-11H2,1-8H3,(H,16,17)/p-1. The summed E-state index contributed by atoms with van der Waals surface area (Å²) >= 11 is 0. The highest BCUT2D eigenvalue weighted by molar-refractivity contribution is 6.74. The molecule has 0 spiro atoms. The van der Waals surface area contributed by atoms with E-state index in [0.717, 1.165) is 5.57 Å². The number of allylic oxidation sites excluding steroid dienone is 1. The van der Waals surface area contributed by atoms with Gasteiger partial charge in [-0.05, 0) is 29.1 Å². The van der Waals surface area contributed by atoms with E-state index in [1.807, 2.05) is 6.08 Å². The summed E-state index contributed by atoms with van der Waals surface area (Å²) in [7, 11) is -1.86. The highest BCUT2D eigenvalue weighted by Crippen LogP contribution is 2.36. The SMILES string of the molecule is CC(C)(C)C=C(COC(=O)[O-])CO[Si](C)(C)C(C)(C)C. The Morgan fingerprint density at radius 1 is 1.10 bits per heavy atom. The van der Waals surface area contributed by atoms with Gasteiger partial charge in [0.15, 0.2) is 8.32 Å². The molecule has 0 radical (unpaired) electrons. The van der Waals surface area contributed by atoms with Crippen molar-refractivity contribution >= 4 is 14.5 Å². The van der Waals surface area contributed by atoms with Crippen LogP contribution >= 0.6 is 0 Å². The van der Waals surface area contributed by atoms with Gasteiger partial charge in [0.2, 0.25) is 0 Å². The van der Waals surface area contributed by atoms with Gasteiger partial charge >= 0.3 is 0 Å². The zero-order chi connectivity index (χ0) is 16.2. The second-order valence-electron chi connectivity index (χ2n) is 7.76. The highest BCUT2D eigenvalue weighted by atomic mass is 28.4. The summed E-state index contributed by atoms with van der Waals surface area (Å²) in [5.41, 5.74) is 0.785. The molecule has 0 heterocycles. The lowest BCUT2D eigenvalue weighted by atomic mass is 9.94. The molecule has 0 aliphatic heterocycles. The summed E-state index contributed by atoms with van der Waals surface area (Å²) in [6.45, 7) is 17.4. The van der Waals surface area contributed by atoms with Crippen molar-refractivity contribution in [3.63, 3.8) is 0 Å². The van der Waals surface area contributed by atoms with E-state index in [-0.39, 0.29) is 17.1 Å². The number of carbonyl (C=O) groups excluding carboxylic acids is 1. The summed E-state index contributed by atoms with van der Waals surface area (Å²) in [4.78, 5) is 10.4. The fourth-order valence-electron chi connectivity index (χ4n) is 1.38. The molecular formula is C15H29O4Si-. The molecule has 0 rings (SSSR count). The quantitative estimate of drug-likeness (QED) is 0.444. The minimum atomic E-state index is -1.86. The smallest absolute Gasteiger partial charge is 0.252 e. The lowest BCUT2D eigenvalue weighted by molar-refractivity contribution is -0.281. The van der Waals surface area contributed by atoms with Crippen molar-refractivity contribution in [2.75, 3.05) is 13.2 Å². The predicted octanol–water partition coefficient (Wildman–Crippen LogP) is 3.34. The summed E-state index contributed by atoms with van der Waals surface area (Å²) in [6.07, 6.45) is 0.500. The van der Waals surface area contributed by atoms with Crippen LogP contribution in [0.25, 0.3) is 0 Å². The first-order chi connectivity index (χ1) is 8.74. The number of hydrogen-bond acceptors (Lipinski definition) is 4. The van der Waals surface area contributed by atoms with Crippen molar-refractivity contribution in [2.45, 2.75) is 59.7 Å². The molecule has 0 N–H and O–H groups in total. The minimum Gasteiger partial charge on any atom is -0.545 e. The van der Waals surface area contributed by atoms with E-state index in [1.54, 1.807) is 0 Å². The second kappa shape index (κ2) is 6.76. The van der Waals surface area contributed by atoms with E-state index in [1.165, 1.54) is 0 Å².